The minimum atomic E-state index is -0.247. The lowest BCUT2D eigenvalue weighted by atomic mass is 10.1. The van der Waals surface area contributed by atoms with Crippen molar-refractivity contribution in [3.05, 3.63) is 29.8 Å². The van der Waals surface area contributed by atoms with E-state index in [0.717, 1.165) is 24.4 Å². The van der Waals surface area contributed by atoms with Gasteiger partial charge in [-0.25, -0.2) is 0 Å². The van der Waals surface area contributed by atoms with E-state index in [0.29, 0.717) is 36.6 Å². The number of nitrogens with zero attached hydrogens (tertiary/aromatic N) is 2. The molecular weight excluding hydrogens is 372 g/mol. The van der Waals surface area contributed by atoms with Gasteiger partial charge in [0, 0.05) is 34.8 Å². The molecule has 1 aromatic carbocycles. The second-order valence-electron chi connectivity index (χ2n) is 7.42. The molecule has 1 unspecified atom stereocenters. The summed E-state index contributed by atoms with van der Waals surface area (Å²) in [5.74, 6) is -0.254. The van der Waals surface area contributed by atoms with Crippen LogP contribution in [0.4, 0.5) is 0 Å². The van der Waals surface area contributed by atoms with Crippen molar-refractivity contribution in [1.29, 1.82) is 0 Å². The van der Waals surface area contributed by atoms with Crippen LogP contribution < -0.4 is 0 Å². The second kappa shape index (κ2) is 11.5. The number of hydrogen-bond acceptors (Lipinski definition) is 5. The van der Waals surface area contributed by atoms with Gasteiger partial charge in [-0.2, -0.15) is 0 Å². The van der Waals surface area contributed by atoms with Crippen LogP contribution in [0.2, 0.25) is 0 Å². The average Bonchev–Trinajstić information content (AvgIpc) is 3.12. The molecule has 1 aromatic rings. The van der Waals surface area contributed by atoms with Gasteiger partial charge in [-0.05, 0) is 57.1 Å². The molecule has 0 N–H and O–H groups in total. The molecule has 0 saturated carbocycles. The van der Waals surface area contributed by atoms with Crippen molar-refractivity contribution >= 4 is 23.6 Å². The number of esters is 1. The molecule has 1 fully saturated rings. The van der Waals surface area contributed by atoms with Crippen molar-refractivity contribution in [1.82, 2.24) is 9.80 Å². The molecule has 1 aliphatic heterocycles. The Morgan fingerprint density at radius 2 is 1.96 bits per heavy atom. The maximum Gasteiger partial charge on any atom is 0.307 e. The second-order valence-corrected chi connectivity index (χ2v) is 9.07. The van der Waals surface area contributed by atoms with E-state index in [1.54, 1.807) is 18.7 Å². The first-order chi connectivity index (χ1) is 13.4. The minimum Gasteiger partial charge on any atom is -0.466 e. The van der Waals surface area contributed by atoms with E-state index in [1.807, 2.05) is 29.2 Å². The van der Waals surface area contributed by atoms with Crippen LogP contribution in [0.5, 0.6) is 0 Å². The zero-order valence-electron chi connectivity index (χ0n) is 17.6. The Morgan fingerprint density at radius 3 is 2.57 bits per heavy atom. The molecule has 0 aliphatic carbocycles. The zero-order valence-corrected chi connectivity index (χ0v) is 18.5. The highest BCUT2D eigenvalue weighted by molar-refractivity contribution is 7.99. The van der Waals surface area contributed by atoms with E-state index < -0.39 is 0 Å². The lowest BCUT2D eigenvalue weighted by Crippen LogP contribution is -2.44. The fraction of sp³-hybridized carbons (Fsp3) is 0.636. The normalized spacial score (nSPS) is 17.1. The molecule has 0 radical (unpaired) electrons. The molecule has 0 spiro atoms. The van der Waals surface area contributed by atoms with Crippen LogP contribution in [-0.4, -0.2) is 65.8 Å². The third-order valence-electron chi connectivity index (χ3n) is 4.99. The summed E-state index contributed by atoms with van der Waals surface area (Å²) >= 11 is 1.78. The maximum atomic E-state index is 13.2. The van der Waals surface area contributed by atoms with Crippen molar-refractivity contribution in [3.8, 4) is 0 Å². The Morgan fingerprint density at radius 1 is 1.25 bits per heavy atom. The summed E-state index contributed by atoms with van der Waals surface area (Å²) in [7, 11) is 0. The van der Waals surface area contributed by atoms with Gasteiger partial charge in [0.25, 0.3) is 5.91 Å². The topological polar surface area (TPSA) is 49.9 Å². The number of carbonyl (C=O) groups is 2. The molecule has 28 heavy (non-hydrogen) atoms. The van der Waals surface area contributed by atoms with E-state index in [9.17, 15) is 9.59 Å². The van der Waals surface area contributed by atoms with Crippen molar-refractivity contribution < 1.29 is 14.3 Å². The van der Waals surface area contributed by atoms with Gasteiger partial charge in [0.2, 0.25) is 0 Å². The van der Waals surface area contributed by atoms with Gasteiger partial charge >= 0.3 is 5.97 Å². The molecular formula is C22H34N2O3S. The summed E-state index contributed by atoms with van der Waals surface area (Å²) in [6.45, 7) is 11.8. The van der Waals surface area contributed by atoms with E-state index >= 15 is 0 Å². The highest BCUT2D eigenvalue weighted by Crippen LogP contribution is 2.24. The van der Waals surface area contributed by atoms with E-state index in [-0.39, 0.29) is 18.3 Å². The minimum absolute atomic E-state index is 0.00616. The summed E-state index contributed by atoms with van der Waals surface area (Å²) < 4.78 is 5.05. The summed E-state index contributed by atoms with van der Waals surface area (Å²) in [6.07, 6.45) is 2.50. The quantitative estimate of drug-likeness (QED) is 0.433. The predicted octanol–water partition coefficient (Wildman–Crippen LogP) is 4.07. The van der Waals surface area contributed by atoms with Crippen molar-refractivity contribution in [2.24, 2.45) is 0 Å². The van der Waals surface area contributed by atoms with E-state index in [4.69, 9.17) is 4.74 Å². The number of amides is 1. The maximum absolute atomic E-state index is 13.2. The first-order valence-electron chi connectivity index (χ1n) is 10.4. The molecule has 156 valence electrons. The number of hydrogen-bond donors (Lipinski definition) is 0. The number of ether oxygens (including phenoxy) is 1. The third-order valence-corrected chi connectivity index (χ3v) is 6.00. The van der Waals surface area contributed by atoms with Gasteiger partial charge in [0.1, 0.15) is 0 Å². The Hall–Kier alpha value is -1.53. The number of likely N-dealkylation sites (N-methyl/N-ethyl adjacent to an activating group) is 1. The number of likely N-dealkylation sites (tertiary alicyclic amines) is 1. The number of thioether (sulfide) groups is 1. The van der Waals surface area contributed by atoms with Gasteiger partial charge in [0.05, 0.1) is 13.0 Å². The van der Waals surface area contributed by atoms with Crippen molar-refractivity contribution in [2.75, 3.05) is 32.8 Å². The summed E-state index contributed by atoms with van der Waals surface area (Å²) in [5, 5.41) is 0.505. The fourth-order valence-electron chi connectivity index (χ4n) is 3.64. The average molecular weight is 407 g/mol. The summed E-state index contributed by atoms with van der Waals surface area (Å²) in [6, 6.07) is 8.18. The molecule has 6 heteroatoms. The molecule has 5 nitrogen and oxygen atoms in total. The molecule has 1 amide bonds. The molecule has 2 rings (SSSR count). The first-order valence-corrected chi connectivity index (χ1v) is 11.3. The Kier molecular flexibility index (Phi) is 9.32. The van der Waals surface area contributed by atoms with Gasteiger partial charge in [-0.3, -0.25) is 14.5 Å². The SMILES string of the molecule is CCOC(=O)CCN(CC1CCCN1CC)C(=O)c1ccc(SC(C)C)cc1. The fourth-order valence-corrected chi connectivity index (χ4v) is 4.48. The van der Waals surface area contributed by atoms with Crippen LogP contribution in [0.15, 0.2) is 29.2 Å². The third kappa shape index (κ3) is 6.82. The Balaban J connectivity index is 2.09. The largest absolute Gasteiger partial charge is 0.466 e. The molecule has 0 aromatic heterocycles. The summed E-state index contributed by atoms with van der Waals surface area (Å²) in [4.78, 5) is 30.4. The van der Waals surface area contributed by atoms with Gasteiger partial charge in [-0.1, -0.05) is 20.8 Å². The van der Waals surface area contributed by atoms with Crippen LogP contribution in [0, 0.1) is 0 Å². The Labute approximate surface area is 173 Å². The lowest BCUT2D eigenvalue weighted by Gasteiger charge is -2.30. The Bertz CT molecular complexity index is 633. The summed E-state index contributed by atoms with van der Waals surface area (Å²) in [5.41, 5.74) is 0.679. The van der Waals surface area contributed by atoms with Gasteiger partial charge < -0.3 is 9.64 Å². The van der Waals surface area contributed by atoms with Crippen LogP contribution in [0.3, 0.4) is 0 Å². The molecule has 1 aliphatic rings. The van der Waals surface area contributed by atoms with Crippen LogP contribution in [0.25, 0.3) is 0 Å². The monoisotopic (exact) mass is 406 g/mol. The molecule has 0 bridgehead atoms. The molecule has 1 atom stereocenters. The number of benzene rings is 1. The van der Waals surface area contributed by atoms with Crippen LogP contribution >= 0.6 is 11.8 Å². The zero-order chi connectivity index (χ0) is 20.5. The van der Waals surface area contributed by atoms with Crippen LogP contribution in [0.1, 0.15) is 57.3 Å². The highest BCUT2D eigenvalue weighted by Gasteiger charge is 2.28. The first kappa shape index (κ1) is 22.8. The standard InChI is InChI=1S/C22H34N2O3S/c1-5-23-14-7-8-19(23)16-24(15-13-21(25)27-6-2)22(26)18-9-11-20(12-10-18)28-17(3)4/h9-12,17,19H,5-8,13-16H2,1-4H3. The molecule has 1 saturated heterocycles. The van der Waals surface area contributed by atoms with Crippen molar-refractivity contribution in [2.45, 2.75) is 63.1 Å². The predicted molar refractivity (Wildman–Crippen MR) is 115 cm³/mol. The number of carbonyl (C=O) groups excluding carboxylic acids is 2. The molecule has 1 heterocycles. The van der Waals surface area contributed by atoms with E-state index in [2.05, 4.69) is 25.7 Å². The highest BCUT2D eigenvalue weighted by atomic mass is 32.2. The van der Waals surface area contributed by atoms with Crippen molar-refractivity contribution in [3.63, 3.8) is 0 Å². The lowest BCUT2D eigenvalue weighted by molar-refractivity contribution is -0.143. The van der Waals surface area contributed by atoms with E-state index in [1.165, 1.54) is 6.42 Å². The van der Waals surface area contributed by atoms with Gasteiger partial charge in [-0.15, -0.1) is 11.8 Å². The van der Waals surface area contributed by atoms with Crippen LogP contribution in [-0.2, 0) is 9.53 Å². The van der Waals surface area contributed by atoms with Gasteiger partial charge in [0.15, 0.2) is 0 Å². The smallest absolute Gasteiger partial charge is 0.307 e. The number of rotatable bonds is 10.